The van der Waals surface area contributed by atoms with E-state index in [1.807, 2.05) is 45.0 Å². The highest BCUT2D eigenvalue weighted by Crippen LogP contribution is 2.47. The highest BCUT2D eigenvalue weighted by Gasteiger charge is 2.48. The second kappa shape index (κ2) is 10.0. The number of hydrogen-bond donors (Lipinski definition) is 1. The Balaban J connectivity index is 1.84. The number of ketones is 1. The van der Waals surface area contributed by atoms with Gasteiger partial charge in [-0.15, -0.1) is 0 Å². The van der Waals surface area contributed by atoms with Crippen molar-refractivity contribution in [1.29, 1.82) is 0 Å². The van der Waals surface area contributed by atoms with E-state index in [9.17, 15) is 14.4 Å². The van der Waals surface area contributed by atoms with E-state index in [-0.39, 0.29) is 17.8 Å². The number of allylic oxidation sites excluding steroid dienone is 3. The predicted molar refractivity (Wildman–Crippen MR) is 126 cm³/mol. The van der Waals surface area contributed by atoms with E-state index in [0.717, 1.165) is 31.4 Å². The van der Waals surface area contributed by atoms with Gasteiger partial charge in [0, 0.05) is 22.5 Å². The molecule has 1 aromatic rings. The van der Waals surface area contributed by atoms with Gasteiger partial charge in [0.25, 0.3) is 0 Å². The molecule has 0 unspecified atom stereocenters. The number of esters is 2. The van der Waals surface area contributed by atoms with Crippen molar-refractivity contribution in [3.05, 3.63) is 52.4 Å². The normalized spacial score (nSPS) is 25.1. The van der Waals surface area contributed by atoms with E-state index in [0.29, 0.717) is 41.2 Å². The summed E-state index contributed by atoms with van der Waals surface area (Å²) in [6.07, 6.45) is 4.15. The third-order valence-corrected chi connectivity index (χ3v) is 7.07. The summed E-state index contributed by atoms with van der Waals surface area (Å²) in [5.74, 6) is -2.54. The summed E-state index contributed by atoms with van der Waals surface area (Å²) in [5, 5.41) is 3.31. The fourth-order valence-electron chi connectivity index (χ4n) is 5.49. The van der Waals surface area contributed by atoms with Crippen LogP contribution >= 0.6 is 0 Å². The van der Waals surface area contributed by atoms with E-state index < -0.39 is 23.8 Å². The minimum atomic E-state index is -0.919. The highest BCUT2D eigenvalue weighted by atomic mass is 16.5. The Morgan fingerprint density at radius 3 is 2.53 bits per heavy atom. The van der Waals surface area contributed by atoms with Crippen LogP contribution in [0.25, 0.3) is 0 Å². The van der Waals surface area contributed by atoms with Gasteiger partial charge in [0.1, 0.15) is 17.8 Å². The molecule has 0 amide bonds. The number of ether oxygens (including phenoxy) is 3. The van der Waals surface area contributed by atoms with Gasteiger partial charge < -0.3 is 19.5 Å². The minimum absolute atomic E-state index is 0.115. The van der Waals surface area contributed by atoms with Gasteiger partial charge in [-0.1, -0.05) is 25.1 Å². The Hall–Kier alpha value is -3.09. The standard InChI is InChI=1S/C27H33NO6/c1-5-33-20-13-9-8-12-18(20)23-22(27(31)34-17-10-6-7-11-17)16(3)28-19-14-15(2)21(26(30)32-4)25(29)24(19)23/h8-9,12-13,15,17,21,23,28H,5-7,10-11,14H2,1-4H3/t15-,21-,23-/m1/s1. The second-order valence-electron chi connectivity index (χ2n) is 9.32. The quantitative estimate of drug-likeness (QED) is 0.496. The third-order valence-electron chi connectivity index (χ3n) is 7.07. The first-order valence-corrected chi connectivity index (χ1v) is 12.1. The fraction of sp³-hybridized carbons (Fsp3) is 0.519. The molecule has 1 aliphatic heterocycles. The van der Waals surface area contributed by atoms with E-state index in [2.05, 4.69) is 5.32 Å². The summed E-state index contributed by atoms with van der Waals surface area (Å²) in [7, 11) is 1.29. The van der Waals surface area contributed by atoms with E-state index >= 15 is 0 Å². The van der Waals surface area contributed by atoms with Gasteiger partial charge in [-0.3, -0.25) is 9.59 Å². The van der Waals surface area contributed by atoms with Crippen molar-refractivity contribution in [2.45, 2.75) is 64.9 Å². The summed E-state index contributed by atoms with van der Waals surface area (Å²) in [6, 6.07) is 7.44. The number of benzene rings is 1. The lowest BCUT2D eigenvalue weighted by Gasteiger charge is -2.38. The lowest BCUT2D eigenvalue weighted by Crippen LogP contribution is -2.43. The van der Waals surface area contributed by atoms with Crippen LogP contribution in [-0.2, 0) is 23.9 Å². The lowest BCUT2D eigenvalue weighted by atomic mass is 9.69. The first-order chi connectivity index (χ1) is 16.4. The molecular formula is C27H33NO6. The van der Waals surface area contributed by atoms with Crippen LogP contribution in [0, 0.1) is 11.8 Å². The maximum atomic E-state index is 13.8. The molecule has 1 saturated carbocycles. The van der Waals surface area contributed by atoms with Crippen LogP contribution in [0.2, 0.25) is 0 Å². The van der Waals surface area contributed by atoms with Gasteiger partial charge in [-0.25, -0.2) is 4.79 Å². The van der Waals surface area contributed by atoms with Crippen LogP contribution in [0.4, 0.5) is 0 Å². The summed E-state index contributed by atoms with van der Waals surface area (Å²) in [5.41, 5.74) is 2.93. The topological polar surface area (TPSA) is 90.9 Å². The molecule has 0 saturated heterocycles. The van der Waals surface area contributed by atoms with Crippen LogP contribution in [0.5, 0.6) is 5.75 Å². The average molecular weight is 468 g/mol. The van der Waals surface area contributed by atoms with Crippen molar-refractivity contribution in [2.24, 2.45) is 11.8 Å². The zero-order chi connectivity index (χ0) is 24.4. The van der Waals surface area contributed by atoms with Crippen molar-refractivity contribution in [1.82, 2.24) is 5.32 Å². The van der Waals surface area contributed by atoms with Crippen molar-refractivity contribution in [2.75, 3.05) is 13.7 Å². The number of hydrogen-bond acceptors (Lipinski definition) is 7. The summed E-state index contributed by atoms with van der Waals surface area (Å²) < 4.78 is 16.8. The number of dihydropyridines is 1. The fourth-order valence-corrected chi connectivity index (χ4v) is 5.49. The zero-order valence-corrected chi connectivity index (χ0v) is 20.3. The molecule has 0 radical (unpaired) electrons. The van der Waals surface area contributed by atoms with Gasteiger partial charge in [-0.2, -0.15) is 0 Å². The highest BCUT2D eigenvalue weighted by molar-refractivity contribution is 6.12. The number of para-hydroxylation sites is 1. The van der Waals surface area contributed by atoms with Crippen molar-refractivity contribution >= 4 is 17.7 Å². The Bertz CT molecular complexity index is 1050. The van der Waals surface area contributed by atoms with E-state index in [1.54, 1.807) is 0 Å². The first kappa shape index (κ1) is 24.0. The molecular weight excluding hydrogens is 434 g/mol. The molecule has 1 fully saturated rings. The largest absolute Gasteiger partial charge is 0.494 e. The molecule has 182 valence electrons. The molecule has 1 heterocycles. The van der Waals surface area contributed by atoms with Gasteiger partial charge >= 0.3 is 11.9 Å². The molecule has 3 aliphatic rings. The van der Waals surface area contributed by atoms with Gasteiger partial charge in [0.2, 0.25) is 0 Å². The minimum Gasteiger partial charge on any atom is -0.494 e. The molecule has 3 atom stereocenters. The van der Waals surface area contributed by atoms with Gasteiger partial charge in [0.15, 0.2) is 5.78 Å². The predicted octanol–water partition coefficient (Wildman–Crippen LogP) is 4.18. The maximum absolute atomic E-state index is 13.8. The molecule has 7 nitrogen and oxygen atoms in total. The number of carbonyl (C=O) groups is 3. The smallest absolute Gasteiger partial charge is 0.337 e. The van der Waals surface area contributed by atoms with Crippen LogP contribution in [-0.4, -0.2) is 37.5 Å². The van der Waals surface area contributed by atoms with Gasteiger partial charge in [0.05, 0.1) is 25.2 Å². The van der Waals surface area contributed by atoms with Crippen LogP contribution in [0.3, 0.4) is 0 Å². The third kappa shape index (κ3) is 4.36. The molecule has 34 heavy (non-hydrogen) atoms. The molecule has 0 spiro atoms. The van der Waals surface area contributed by atoms with Crippen LogP contribution < -0.4 is 10.1 Å². The van der Waals surface area contributed by atoms with Crippen LogP contribution in [0.1, 0.15) is 64.4 Å². The number of Topliss-reactive ketones (excluding diaryl/α,β-unsaturated/α-hetero) is 1. The second-order valence-corrected chi connectivity index (χ2v) is 9.32. The Labute approximate surface area is 200 Å². The number of carbonyl (C=O) groups excluding carboxylic acids is 3. The molecule has 7 heteroatoms. The van der Waals surface area contributed by atoms with Gasteiger partial charge in [-0.05, 0) is 57.9 Å². The summed E-state index contributed by atoms with van der Waals surface area (Å²) in [4.78, 5) is 39.9. The Morgan fingerprint density at radius 1 is 1.15 bits per heavy atom. The maximum Gasteiger partial charge on any atom is 0.337 e. The van der Waals surface area contributed by atoms with E-state index in [1.165, 1.54) is 7.11 Å². The average Bonchev–Trinajstić information content (AvgIpc) is 3.31. The molecule has 1 aromatic carbocycles. The number of rotatable bonds is 6. The zero-order valence-electron chi connectivity index (χ0n) is 20.3. The summed E-state index contributed by atoms with van der Waals surface area (Å²) in [6.45, 7) is 6.04. The molecule has 0 aromatic heterocycles. The monoisotopic (exact) mass is 467 g/mol. The van der Waals surface area contributed by atoms with E-state index in [4.69, 9.17) is 14.2 Å². The van der Waals surface area contributed by atoms with Crippen molar-refractivity contribution < 1.29 is 28.6 Å². The Kier molecular flexibility index (Phi) is 7.10. The SMILES string of the molecule is CCOc1ccccc1[C@@H]1C(C(=O)OC2CCCC2)=C(C)NC2=C1C(=O)[C@H](C(=O)OC)[C@H](C)C2. The Morgan fingerprint density at radius 2 is 1.85 bits per heavy atom. The van der Waals surface area contributed by atoms with Crippen molar-refractivity contribution in [3.8, 4) is 5.75 Å². The molecule has 2 aliphatic carbocycles. The molecule has 0 bridgehead atoms. The number of nitrogens with one attached hydrogen (secondary N) is 1. The summed E-state index contributed by atoms with van der Waals surface area (Å²) >= 11 is 0. The molecule has 4 rings (SSSR count). The first-order valence-electron chi connectivity index (χ1n) is 12.1. The number of methoxy groups -OCH3 is 1. The molecule has 1 N–H and O–H groups in total. The van der Waals surface area contributed by atoms with Crippen LogP contribution in [0.15, 0.2) is 46.8 Å². The lowest BCUT2D eigenvalue weighted by molar-refractivity contribution is -0.151. The van der Waals surface area contributed by atoms with Crippen molar-refractivity contribution in [3.63, 3.8) is 0 Å².